The summed E-state index contributed by atoms with van der Waals surface area (Å²) in [5.41, 5.74) is 4.15. The van der Waals surface area contributed by atoms with Crippen LogP contribution in [0.5, 0.6) is 0 Å². The molecule has 136 valence electrons. The minimum atomic E-state index is -0.245. The molecule has 0 saturated heterocycles. The monoisotopic (exact) mass is 411 g/mol. The van der Waals surface area contributed by atoms with Crippen molar-refractivity contribution in [1.82, 2.24) is 4.98 Å². The Hall–Kier alpha value is -2.09. The van der Waals surface area contributed by atoms with Crippen LogP contribution in [-0.2, 0) is 10.5 Å². The van der Waals surface area contributed by atoms with E-state index in [4.69, 9.17) is 0 Å². The molecule has 27 heavy (non-hydrogen) atoms. The van der Waals surface area contributed by atoms with E-state index in [-0.39, 0.29) is 11.2 Å². The quantitative estimate of drug-likeness (QED) is 0.589. The van der Waals surface area contributed by atoms with Gasteiger partial charge in [0.15, 0.2) is 5.13 Å². The SMILES string of the molecule is C[C@H](SC1=Nc2ccccc2CS1)C(=O)Nc1nc(-c2ccccc2)cs1. The Kier molecular flexibility index (Phi) is 5.61. The molecule has 1 aromatic heterocycles. The van der Waals surface area contributed by atoms with Gasteiger partial charge in [-0.1, -0.05) is 72.1 Å². The van der Waals surface area contributed by atoms with Crippen LogP contribution in [0.2, 0.25) is 0 Å². The van der Waals surface area contributed by atoms with Crippen LogP contribution in [0.3, 0.4) is 0 Å². The van der Waals surface area contributed by atoms with Gasteiger partial charge < -0.3 is 5.32 Å². The van der Waals surface area contributed by atoms with E-state index in [0.29, 0.717) is 5.13 Å². The fourth-order valence-electron chi connectivity index (χ4n) is 2.56. The van der Waals surface area contributed by atoms with Crippen LogP contribution in [0.4, 0.5) is 10.8 Å². The van der Waals surface area contributed by atoms with Gasteiger partial charge in [0.1, 0.15) is 4.38 Å². The second-order valence-corrected chi connectivity index (χ2v) is 9.36. The van der Waals surface area contributed by atoms with E-state index in [0.717, 1.165) is 27.1 Å². The minimum Gasteiger partial charge on any atom is -0.301 e. The summed E-state index contributed by atoms with van der Waals surface area (Å²) in [6, 6.07) is 18.1. The number of thiazole rings is 1. The average molecular weight is 412 g/mol. The summed E-state index contributed by atoms with van der Waals surface area (Å²) >= 11 is 4.61. The van der Waals surface area contributed by atoms with Crippen molar-refractivity contribution in [3.05, 3.63) is 65.5 Å². The lowest BCUT2D eigenvalue weighted by molar-refractivity contribution is -0.115. The molecule has 0 aliphatic carbocycles. The number of anilines is 1. The molecule has 1 aliphatic rings. The lowest BCUT2D eigenvalue weighted by atomic mass is 10.2. The molecule has 1 atom stereocenters. The molecule has 4 nitrogen and oxygen atoms in total. The number of nitrogens with zero attached hydrogens (tertiary/aromatic N) is 2. The third kappa shape index (κ3) is 4.43. The average Bonchev–Trinajstić information content (AvgIpc) is 3.17. The molecule has 2 heterocycles. The van der Waals surface area contributed by atoms with Crippen LogP contribution < -0.4 is 5.32 Å². The Bertz CT molecular complexity index is 985. The molecule has 0 spiro atoms. The molecule has 1 aliphatic heterocycles. The summed E-state index contributed by atoms with van der Waals surface area (Å²) in [7, 11) is 0. The fourth-order valence-corrected chi connectivity index (χ4v) is 5.47. The van der Waals surface area contributed by atoms with Crippen molar-refractivity contribution >= 4 is 56.0 Å². The van der Waals surface area contributed by atoms with Crippen molar-refractivity contribution in [2.45, 2.75) is 17.9 Å². The first-order chi connectivity index (χ1) is 13.2. The van der Waals surface area contributed by atoms with Crippen molar-refractivity contribution < 1.29 is 4.79 Å². The van der Waals surface area contributed by atoms with Crippen molar-refractivity contribution in [2.75, 3.05) is 5.32 Å². The van der Waals surface area contributed by atoms with Gasteiger partial charge >= 0.3 is 0 Å². The van der Waals surface area contributed by atoms with E-state index < -0.39 is 0 Å². The molecule has 0 saturated carbocycles. The molecule has 0 bridgehead atoms. The highest BCUT2D eigenvalue weighted by Crippen LogP contribution is 2.36. The lowest BCUT2D eigenvalue weighted by Gasteiger charge is -2.16. The van der Waals surface area contributed by atoms with Crippen LogP contribution in [0.15, 0.2) is 65.0 Å². The highest BCUT2D eigenvalue weighted by Gasteiger charge is 2.21. The Morgan fingerprint density at radius 3 is 2.78 bits per heavy atom. The molecular formula is C20H17N3OS3. The maximum atomic E-state index is 12.5. The maximum Gasteiger partial charge on any atom is 0.239 e. The highest BCUT2D eigenvalue weighted by molar-refractivity contribution is 8.39. The van der Waals surface area contributed by atoms with Gasteiger partial charge in [0.25, 0.3) is 0 Å². The molecule has 3 aromatic rings. The van der Waals surface area contributed by atoms with Crippen molar-refractivity contribution in [3.8, 4) is 11.3 Å². The molecule has 7 heteroatoms. The number of hydrogen-bond donors (Lipinski definition) is 1. The number of thioether (sulfide) groups is 2. The zero-order valence-electron chi connectivity index (χ0n) is 14.6. The van der Waals surface area contributed by atoms with Gasteiger partial charge in [-0.15, -0.1) is 11.3 Å². The Morgan fingerprint density at radius 1 is 1.15 bits per heavy atom. The summed E-state index contributed by atoms with van der Waals surface area (Å²) in [6.45, 7) is 1.90. The summed E-state index contributed by atoms with van der Waals surface area (Å²) in [5, 5.41) is 5.26. The Morgan fingerprint density at radius 2 is 1.93 bits per heavy atom. The second kappa shape index (κ2) is 8.29. The second-order valence-electron chi connectivity index (χ2n) is 5.95. The van der Waals surface area contributed by atoms with Gasteiger partial charge in [-0.05, 0) is 18.6 Å². The molecule has 4 rings (SSSR count). The predicted molar refractivity (Wildman–Crippen MR) is 118 cm³/mol. The lowest BCUT2D eigenvalue weighted by Crippen LogP contribution is -2.23. The number of nitrogens with one attached hydrogen (secondary N) is 1. The number of para-hydroxylation sites is 1. The van der Waals surface area contributed by atoms with E-state index >= 15 is 0 Å². The summed E-state index contributed by atoms with van der Waals surface area (Å²) in [5.74, 6) is 0.833. The number of fused-ring (bicyclic) bond motifs is 1. The standard InChI is InChI=1S/C20H17N3OS3/c1-13(27-20-22-16-10-6-5-9-15(16)11-26-20)18(24)23-19-21-17(12-25-19)14-7-3-2-4-8-14/h2-10,12-13H,11H2,1H3,(H,21,23,24)/t13-/m0/s1. The topological polar surface area (TPSA) is 54.4 Å². The van der Waals surface area contributed by atoms with Gasteiger partial charge in [-0.25, -0.2) is 9.98 Å². The predicted octanol–water partition coefficient (Wildman–Crippen LogP) is 5.80. The third-order valence-electron chi connectivity index (χ3n) is 4.01. The molecule has 0 fully saturated rings. The normalized spacial score (nSPS) is 14.2. The third-order valence-corrected chi connectivity index (χ3v) is 7.06. The number of benzene rings is 2. The minimum absolute atomic E-state index is 0.0591. The molecular weight excluding hydrogens is 394 g/mol. The fraction of sp³-hybridized carbons (Fsp3) is 0.150. The van der Waals surface area contributed by atoms with Gasteiger partial charge in [0.2, 0.25) is 5.91 Å². The molecule has 0 radical (unpaired) electrons. The number of hydrogen-bond acceptors (Lipinski definition) is 6. The van der Waals surface area contributed by atoms with Crippen LogP contribution in [0, 0.1) is 0 Å². The first-order valence-corrected chi connectivity index (χ1v) is 11.2. The van der Waals surface area contributed by atoms with Crippen LogP contribution in [0.1, 0.15) is 12.5 Å². The van der Waals surface area contributed by atoms with Crippen LogP contribution >= 0.6 is 34.9 Å². The highest BCUT2D eigenvalue weighted by atomic mass is 32.2. The molecule has 1 amide bonds. The summed E-state index contributed by atoms with van der Waals surface area (Å²) in [4.78, 5) is 21.7. The summed E-state index contributed by atoms with van der Waals surface area (Å²) in [6.07, 6.45) is 0. The first kappa shape index (κ1) is 18.3. The van der Waals surface area contributed by atoms with E-state index in [2.05, 4.69) is 21.4 Å². The maximum absolute atomic E-state index is 12.5. The summed E-state index contributed by atoms with van der Waals surface area (Å²) < 4.78 is 0.931. The zero-order valence-corrected chi connectivity index (χ0v) is 17.0. The van der Waals surface area contributed by atoms with Crippen molar-refractivity contribution in [1.29, 1.82) is 0 Å². The van der Waals surface area contributed by atoms with Crippen molar-refractivity contribution in [2.24, 2.45) is 4.99 Å². The van der Waals surface area contributed by atoms with Gasteiger partial charge in [-0.3, -0.25) is 4.79 Å². The van der Waals surface area contributed by atoms with E-state index in [1.165, 1.54) is 28.7 Å². The largest absolute Gasteiger partial charge is 0.301 e. The number of aliphatic imine (C=N–C) groups is 1. The van der Waals surface area contributed by atoms with Crippen LogP contribution in [-0.4, -0.2) is 20.5 Å². The van der Waals surface area contributed by atoms with Gasteiger partial charge in [-0.2, -0.15) is 0 Å². The van der Waals surface area contributed by atoms with Gasteiger partial charge in [0, 0.05) is 16.7 Å². The Balaban J connectivity index is 1.39. The first-order valence-electron chi connectivity index (χ1n) is 8.47. The van der Waals surface area contributed by atoms with Gasteiger partial charge in [0.05, 0.1) is 16.6 Å². The van der Waals surface area contributed by atoms with Crippen molar-refractivity contribution in [3.63, 3.8) is 0 Å². The number of carbonyl (C=O) groups excluding carboxylic acids is 1. The smallest absolute Gasteiger partial charge is 0.239 e. The Labute approximate surface area is 170 Å². The van der Waals surface area contributed by atoms with E-state index in [1.807, 2.05) is 60.8 Å². The van der Waals surface area contributed by atoms with E-state index in [9.17, 15) is 4.79 Å². The van der Waals surface area contributed by atoms with E-state index in [1.54, 1.807) is 11.8 Å². The number of amides is 1. The number of carbonyl (C=O) groups is 1. The zero-order chi connectivity index (χ0) is 18.6. The molecule has 0 unspecified atom stereocenters. The number of rotatable bonds is 4. The molecule has 2 aromatic carbocycles. The number of aromatic nitrogens is 1. The molecule has 1 N–H and O–H groups in total. The van der Waals surface area contributed by atoms with Crippen LogP contribution in [0.25, 0.3) is 11.3 Å².